The Bertz CT molecular complexity index is 1750. The van der Waals surface area contributed by atoms with Crippen molar-refractivity contribution in [3.8, 4) is 5.69 Å². The molecule has 1 saturated carbocycles. The third-order valence-electron chi connectivity index (χ3n) is 8.09. The average molecular weight is 677 g/mol. The molecule has 42 heavy (non-hydrogen) atoms. The lowest BCUT2D eigenvalue weighted by Crippen LogP contribution is -2.25. The van der Waals surface area contributed by atoms with E-state index in [1.807, 2.05) is 29.8 Å². The molecule has 0 amide bonds. The van der Waals surface area contributed by atoms with Gasteiger partial charge in [-0.15, -0.1) is 10.2 Å². The summed E-state index contributed by atoms with van der Waals surface area (Å²) in [6.45, 7) is 7.45. The molecule has 13 heteroatoms. The maximum absolute atomic E-state index is 14.2. The highest BCUT2D eigenvalue weighted by Gasteiger charge is 2.33. The molecular weight excluding hydrogens is 638 g/mol. The maximum Gasteiger partial charge on any atom is 0.279 e. The van der Waals surface area contributed by atoms with Crippen molar-refractivity contribution in [2.24, 2.45) is 13.0 Å². The quantitative estimate of drug-likeness (QED) is 0.122. The van der Waals surface area contributed by atoms with Crippen LogP contribution in [0, 0.1) is 5.92 Å². The van der Waals surface area contributed by atoms with E-state index in [0.717, 1.165) is 36.0 Å². The summed E-state index contributed by atoms with van der Waals surface area (Å²) in [5.74, 6) is 1.000. The van der Waals surface area contributed by atoms with Gasteiger partial charge in [0.15, 0.2) is 0 Å². The zero-order valence-electron chi connectivity index (χ0n) is 24.5. The zero-order chi connectivity index (χ0) is 30.2. The highest BCUT2D eigenvalue weighted by molar-refractivity contribution is 9.10. The lowest BCUT2D eigenvalue weighted by molar-refractivity contribution is 0.0884. The van der Waals surface area contributed by atoms with Crippen molar-refractivity contribution in [1.29, 1.82) is 0 Å². The van der Waals surface area contributed by atoms with Gasteiger partial charge in [0.2, 0.25) is 0 Å². The Labute approximate surface area is 255 Å². The van der Waals surface area contributed by atoms with Crippen molar-refractivity contribution >= 4 is 45.0 Å². The molecule has 3 aromatic heterocycles. The minimum absolute atomic E-state index is 0.0486. The largest absolute Gasteiger partial charge is 0.361 e. The van der Waals surface area contributed by atoms with Crippen LogP contribution < -0.4 is 5.56 Å². The topological polar surface area (TPSA) is 121 Å². The molecule has 0 saturated heterocycles. The summed E-state index contributed by atoms with van der Waals surface area (Å²) in [7, 11) is -3.56. The second-order valence-corrected chi connectivity index (χ2v) is 20.5. The number of ether oxygens (including phenoxy) is 1. The molecule has 0 aliphatic heterocycles. The van der Waals surface area contributed by atoms with Gasteiger partial charge in [-0.3, -0.25) is 13.9 Å². The first-order chi connectivity index (χ1) is 19.8. The molecular formula is C29H38BrN5O5SSi. The van der Waals surface area contributed by atoms with Gasteiger partial charge in [0.05, 0.1) is 5.75 Å². The van der Waals surface area contributed by atoms with Crippen molar-refractivity contribution < 1.29 is 17.7 Å². The van der Waals surface area contributed by atoms with Crippen LogP contribution in [0.3, 0.4) is 0 Å². The van der Waals surface area contributed by atoms with E-state index in [1.165, 1.54) is 6.42 Å². The van der Waals surface area contributed by atoms with E-state index in [4.69, 9.17) is 4.74 Å². The van der Waals surface area contributed by atoms with Crippen LogP contribution >= 0.6 is 15.9 Å². The van der Waals surface area contributed by atoms with Crippen molar-refractivity contribution in [2.45, 2.75) is 64.0 Å². The van der Waals surface area contributed by atoms with E-state index in [-0.39, 0.29) is 24.6 Å². The molecule has 10 nitrogen and oxygen atoms in total. The van der Waals surface area contributed by atoms with Crippen LogP contribution in [-0.2, 0) is 35.1 Å². The van der Waals surface area contributed by atoms with Crippen LogP contribution in [-0.4, -0.2) is 57.3 Å². The number of aryl methyl sites for hydroxylation is 2. The number of nitrogens with zero attached hydrogens (tertiary/aromatic N) is 5. The van der Waals surface area contributed by atoms with Gasteiger partial charge < -0.3 is 13.9 Å². The third-order valence-corrected chi connectivity index (χ3v) is 11.1. The zero-order valence-corrected chi connectivity index (χ0v) is 27.9. The fourth-order valence-corrected chi connectivity index (χ4v) is 7.26. The molecule has 1 atom stereocenters. The Balaban J connectivity index is 1.58. The number of hydrogen-bond acceptors (Lipinski definition) is 6. The van der Waals surface area contributed by atoms with Gasteiger partial charge in [-0.25, -0.2) is 0 Å². The highest BCUT2D eigenvalue weighted by atomic mass is 79.9. The monoisotopic (exact) mass is 675 g/mol. The molecule has 1 aliphatic rings. The summed E-state index contributed by atoms with van der Waals surface area (Å²) < 4.78 is 44.6. The number of benzene rings is 1. The minimum Gasteiger partial charge on any atom is -0.361 e. The van der Waals surface area contributed by atoms with Gasteiger partial charge in [-0.2, -0.15) is 8.42 Å². The minimum atomic E-state index is -4.19. The molecule has 0 unspecified atom stereocenters. The molecule has 1 aromatic carbocycles. The lowest BCUT2D eigenvalue weighted by Gasteiger charge is -2.33. The number of aromatic nitrogens is 5. The van der Waals surface area contributed by atoms with Crippen molar-refractivity contribution in [3.05, 3.63) is 74.8 Å². The second kappa shape index (κ2) is 12.2. The molecule has 1 fully saturated rings. The van der Waals surface area contributed by atoms with Crippen molar-refractivity contribution in [1.82, 2.24) is 23.9 Å². The first kappa shape index (κ1) is 30.9. The van der Waals surface area contributed by atoms with Gasteiger partial charge in [-0.1, -0.05) is 38.2 Å². The van der Waals surface area contributed by atoms with Crippen LogP contribution in [0.1, 0.15) is 42.3 Å². The molecule has 1 aliphatic carbocycles. The normalized spacial score (nSPS) is 15.3. The van der Waals surface area contributed by atoms with E-state index in [1.54, 1.807) is 27.7 Å². The van der Waals surface area contributed by atoms with Crippen LogP contribution in [0.5, 0.6) is 0 Å². The third kappa shape index (κ3) is 6.80. The summed E-state index contributed by atoms with van der Waals surface area (Å²) in [6, 6.07) is 10.8. The van der Waals surface area contributed by atoms with Crippen molar-refractivity contribution in [3.63, 3.8) is 0 Å². The molecule has 0 bridgehead atoms. The number of hydrogen-bond donors (Lipinski definition) is 1. The summed E-state index contributed by atoms with van der Waals surface area (Å²) >= 11 is 3.66. The van der Waals surface area contributed by atoms with E-state index >= 15 is 0 Å². The molecule has 5 rings (SSSR count). The molecule has 4 aromatic rings. The fraction of sp³-hybridized carbons (Fsp3) is 0.483. The summed E-state index contributed by atoms with van der Waals surface area (Å²) in [5, 5.41) is 9.22. The molecule has 3 heterocycles. The maximum atomic E-state index is 14.2. The Morgan fingerprint density at radius 2 is 1.98 bits per heavy atom. The first-order valence-electron chi connectivity index (χ1n) is 14.2. The lowest BCUT2D eigenvalue weighted by atomic mass is 9.72. The second-order valence-electron chi connectivity index (χ2n) is 12.4. The molecule has 226 valence electrons. The molecule has 0 radical (unpaired) electrons. The van der Waals surface area contributed by atoms with Gasteiger partial charge in [0, 0.05) is 61.5 Å². The van der Waals surface area contributed by atoms with Crippen LogP contribution in [0.25, 0.3) is 16.6 Å². The van der Waals surface area contributed by atoms with E-state index in [2.05, 4.69) is 51.8 Å². The van der Waals surface area contributed by atoms with E-state index < -0.39 is 23.9 Å². The van der Waals surface area contributed by atoms with Gasteiger partial charge in [0.1, 0.15) is 24.4 Å². The van der Waals surface area contributed by atoms with Crippen LogP contribution in [0.15, 0.2) is 52.1 Å². The summed E-state index contributed by atoms with van der Waals surface area (Å²) in [6.07, 6.45) is 6.96. The fourth-order valence-electron chi connectivity index (χ4n) is 5.53. The van der Waals surface area contributed by atoms with Crippen molar-refractivity contribution in [2.75, 3.05) is 12.4 Å². The standard InChI is InChI=1S/C29H38BrN5O5SSi/c1-33-18-31-32-28(33)26(20-7-5-8-20)21-9-6-10-22(15-21)34-17-25(30)24-16-23(11-13-41(37,38)39)35(27(24)29(34)36)19-40-12-14-42(2,3)4/h6,9-10,15-18,20,26H,5,7-8,11-14,19H2,1-4H3,(H,37,38,39)/t26-/m1/s1. The Hall–Kier alpha value is -2.58. The average Bonchev–Trinajstić information content (AvgIpc) is 3.47. The SMILES string of the molecule is Cn1cnnc1[C@@H](c1cccc(-n2cc(Br)c3cc(CCS(=O)(=O)O)n(COCC[Si](C)(C)C)c3c2=O)c1)C1CCC1. The Morgan fingerprint density at radius 1 is 1.21 bits per heavy atom. The number of rotatable bonds is 12. The number of fused-ring (bicyclic) bond motifs is 1. The first-order valence-corrected chi connectivity index (χ1v) is 20.3. The van der Waals surface area contributed by atoms with Gasteiger partial charge >= 0.3 is 0 Å². The van der Waals surface area contributed by atoms with Gasteiger partial charge in [0.25, 0.3) is 15.7 Å². The summed E-state index contributed by atoms with van der Waals surface area (Å²) in [5.41, 5.74) is 2.58. The summed E-state index contributed by atoms with van der Waals surface area (Å²) in [4.78, 5) is 14.2. The predicted octanol–water partition coefficient (Wildman–Crippen LogP) is 5.36. The molecule has 1 N–H and O–H groups in total. The predicted molar refractivity (Wildman–Crippen MR) is 170 cm³/mol. The Morgan fingerprint density at radius 3 is 2.60 bits per heavy atom. The Kier molecular flexibility index (Phi) is 8.96. The highest BCUT2D eigenvalue weighted by Crippen LogP contribution is 2.43. The van der Waals surface area contributed by atoms with Crippen LogP contribution in [0.2, 0.25) is 25.7 Å². The van der Waals surface area contributed by atoms with E-state index in [0.29, 0.717) is 33.6 Å². The smallest absolute Gasteiger partial charge is 0.279 e. The van der Waals surface area contributed by atoms with E-state index in [9.17, 15) is 17.8 Å². The molecule has 0 spiro atoms. The van der Waals surface area contributed by atoms with Gasteiger partial charge in [-0.05, 0) is 64.5 Å². The number of pyridine rings is 1. The number of halogens is 1. The van der Waals surface area contributed by atoms with Crippen LogP contribution in [0.4, 0.5) is 0 Å².